The molecule has 29 heavy (non-hydrogen) atoms. The number of nitrogens with zero attached hydrogens (tertiary/aromatic N) is 2. The third kappa shape index (κ3) is 4.37. The molecule has 154 valence electrons. The second-order valence-electron chi connectivity index (χ2n) is 7.76. The Morgan fingerprint density at radius 1 is 1.03 bits per heavy atom. The van der Waals surface area contributed by atoms with Crippen molar-refractivity contribution in [2.75, 3.05) is 31.1 Å². The molecule has 2 aliphatic rings. The van der Waals surface area contributed by atoms with Crippen molar-refractivity contribution in [2.24, 2.45) is 0 Å². The average Bonchev–Trinajstić information content (AvgIpc) is 3.15. The summed E-state index contributed by atoms with van der Waals surface area (Å²) in [5.41, 5.74) is 4.53. The van der Waals surface area contributed by atoms with Gasteiger partial charge in [0.15, 0.2) is 0 Å². The van der Waals surface area contributed by atoms with Gasteiger partial charge in [-0.1, -0.05) is 24.3 Å². The molecule has 2 aliphatic heterocycles. The smallest absolute Gasteiger partial charge is 0.240 e. The van der Waals surface area contributed by atoms with Gasteiger partial charge in [0.25, 0.3) is 0 Å². The number of nitrogens with one attached hydrogen (secondary N) is 1. The largest absolute Gasteiger partial charge is 0.312 e. The number of benzene rings is 2. The Bertz CT molecular complexity index is 1020. The van der Waals surface area contributed by atoms with E-state index < -0.39 is 10.0 Å². The number of amides is 1. The monoisotopic (exact) mass is 413 g/mol. The van der Waals surface area contributed by atoms with Gasteiger partial charge in [-0.25, -0.2) is 13.1 Å². The van der Waals surface area contributed by atoms with Gasteiger partial charge in [0.05, 0.1) is 4.90 Å². The van der Waals surface area contributed by atoms with E-state index >= 15 is 0 Å². The summed E-state index contributed by atoms with van der Waals surface area (Å²) >= 11 is 0. The van der Waals surface area contributed by atoms with Crippen LogP contribution in [0.25, 0.3) is 0 Å². The summed E-state index contributed by atoms with van der Waals surface area (Å²) in [5, 5.41) is 0. The molecule has 2 aromatic rings. The van der Waals surface area contributed by atoms with Crippen LogP contribution in [0.4, 0.5) is 5.69 Å². The first-order valence-corrected chi connectivity index (χ1v) is 11.6. The van der Waals surface area contributed by atoms with Gasteiger partial charge in [0.2, 0.25) is 15.9 Å². The van der Waals surface area contributed by atoms with Crippen molar-refractivity contribution in [3.63, 3.8) is 0 Å². The van der Waals surface area contributed by atoms with Gasteiger partial charge >= 0.3 is 0 Å². The number of anilines is 1. The number of hydrogen-bond acceptors (Lipinski definition) is 4. The molecule has 2 heterocycles. The van der Waals surface area contributed by atoms with Crippen LogP contribution >= 0.6 is 0 Å². The van der Waals surface area contributed by atoms with Crippen molar-refractivity contribution in [3.05, 3.63) is 59.2 Å². The fourth-order valence-electron chi connectivity index (χ4n) is 4.21. The number of hydrogen-bond donors (Lipinski definition) is 1. The predicted octanol–water partition coefficient (Wildman–Crippen LogP) is 2.32. The lowest BCUT2D eigenvalue weighted by Gasteiger charge is -2.28. The zero-order valence-electron chi connectivity index (χ0n) is 16.7. The predicted molar refractivity (Wildman–Crippen MR) is 113 cm³/mol. The standard InChI is InChI=1S/C22H27N3O3S/c1-17(26)25-14-10-19-15-21(7-8-22(19)25)29(27,28)23-11-4-12-24-13-9-18-5-2-3-6-20(18)16-24/h2-3,5-8,15,23H,4,9-14,16H2,1H3. The molecule has 0 aliphatic carbocycles. The van der Waals surface area contributed by atoms with E-state index in [9.17, 15) is 13.2 Å². The second kappa shape index (κ2) is 8.26. The molecular formula is C22H27N3O3S. The minimum Gasteiger partial charge on any atom is -0.312 e. The van der Waals surface area contributed by atoms with E-state index in [0.717, 1.165) is 43.7 Å². The second-order valence-corrected chi connectivity index (χ2v) is 9.52. The summed E-state index contributed by atoms with van der Waals surface area (Å²) in [6.07, 6.45) is 2.51. The summed E-state index contributed by atoms with van der Waals surface area (Å²) in [5.74, 6) is -0.0159. The van der Waals surface area contributed by atoms with E-state index in [1.807, 2.05) is 0 Å². The molecule has 0 bridgehead atoms. The van der Waals surface area contributed by atoms with Gasteiger partial charge < -0.3 is 4.90 Å². The number of rotatable bonds is 6. The van der Waals surface area contributed by atoms with E-state index in [1.54, 1.807) is 23.1 Å². The minimum absolute atomic E-state index is 0.0159. The van der Waals surface area contributed by atoms with Crippen molar-refractivity contribution in [1.29, 1.82) is 0 Å². The van der Waals surface area contributed by atoms with Gasteiger partial charge in [0, 0.05) is 38.8 Å². The topological polar surface area (TPSA) is 69.7 Å². The van der Waals surface area contributed by atoms with Gasteiger partial charge in [-0.15, -0.1) is 0 Å². The molecule has 0 fully saturated rings. The van der Waals surface area contributed by atoms with Gasteiger partial charge in [-0.2, -0.15) is 0 Å². The quantitative estimate of drug-likeness (QED) is 0.738. The van der Waals surface area contributed by atoms with Crippen LogP contribution < -0.4 is 9.62 Å². The Hall–Kier alpha value is -2.22. The zero-order valence-corrected chi connectivity index (χ0v) is 17.5. The summed E-state index contributed by atoms with van der Waals surface area (Å²) in [6.45, 7) is 5.37. The van der Waals surface area contributed by atoms with Crippen LogP contribution in [0.2, 0.25) is 0 Å². The lowest BCUT2D eigenvalue weighted by atomic mass is 10.00. The molecule has 4 rings (SSSR count). The molecule has 7 heteroatoms. The third-order valence-electron chi connectivity index (χ3n) is 5.79. The van der Waals surface area contributed by atoms with Crippen LogP contribution in [-0.2, 0) is 34.2 Å². The zero-order chi connectivity index (χ0) is 20.4. The van der Waals surface area contributed by atoms with Gasteiger partial charge in [-0.05, 0) is 60.7 Å². The summed E-state index contributed by atoms with van der Waals surface area (Å²) < 4.78 is 28.0. The van der Waals surface area contributed by atoms with E-state index in [-0.39, 0.29) is 10.8 Å². The molecule has 0 saturated carbocycles. The maximum absolute atomic E-state index is 12.7. The Labute approximate surface area is 172 Å². The van der Waals surface area contributed by atoms with E-state index in [4.69, 9.17) is 0 Å². The molecule has 1 N–H and O–H groups in total. The lowest BCUT2D eigenvalue weighted by molar-refractivity contribution is -0.116. The molecule has 0 saturated heterocycles. The molecule has 0 spiro atoms. The molecule has 0 aromatic heterocycles. The summed E-state index contributed by atoms with van der Waals surface area (Å²) in [4.78, 5) is 16.0. The number of sulfonamides is 1. The minimum atomic E-state index is -3.54. The van der Waals surface area contributed by atoms with E-state index in [2.05, 4.69) is 33.9 Å². The molecule has 0 radical (unpaired) electrons. The van der Waals surface area contributed by atoms with Crippen molar-refractivity contribution >= 4 is 21.6 Å². The highest BCUT2D eigenvalue weighted by Crippen LogP contribution is 2.30. The summed E-state index contributed by atoms with van der Waals surface area (Å²) in [7, 11) is -3.54. The fourth-order valence-corrected chi connectivity index (χ4v) is 5.33. The Balaban J connectivity index is 1.31. The summed E-state index contributed by atoms with van der Waals surface area (Å²) in [6, 6.07) is 13.5. The maximum atomic E-state index is 12.7. The lowest BCUT2D eigenvalue weighted by Crippen LogP contribution is -2.33. The van der Waals surface area contributed by atoms with Gasteiger partial charge in [-0.3, -0.25) is 9.69 Å². The first-order valence-electron chi connectivity index (χ1n) is 10.1. The highest BCUT2D eigenvalue weighted by Gasteiger charge is 2.24. The van der Waals surface area contributed by atoms with E-state index in [0.29, 0.717) is 19.5 Å². The first-order chi connectivity index (χ1) is 13.9. The number of carbonyl (C=O) groups is 1. The maximum Gasteiger partial charge on any atom is 0.240 e. The first kappa shape index (κ1) is 20.1. The molecule has 6 nitrogen and oxygen atoms in total. The van der Waals surface area contributed by atoms with Crippen molar-refractivity contribution in [3.8, 4) is 0 Å². The Morgan fingerprint density at radius 3 is 2.59 bits per heavy atom. The van der Waals surface area contributed by atoms with Crippen LogP contribution in [0.15, 0.2) is 47.4 Å². The van der Waals surface area contributed by atoms with Crippen LogP contribution in [-0.4, -0.2) is 45.4 Å². The average molecular weight is 414 g/mol. The Kier molecular flexibility index (Phi) is 5.72. The molecular weight excluding hydrogens is 386 g/mol. The number of fused-ring (bicyclic) bond motifs is 2. The van der Waals surface area contributed by atoms with E-state index in [1.165, 1.54) is 18.1 Å². The molecule has 0 atom stereocenters. The highest BCUT2D eigenvalue weighted by atomic mass is 32.2. The normalized spacial score (nSPS) is 16.5. The highest BCUT2D eigenvalue weighted by molar-refractivity contribution is 7.89. The van der Waals surface area contributed by atoms with Crippen LogP contribution in [0, 0.1) is 0 Å². The number of carbonyl (C=O) groups excluding carboxylic acids is 1. The van der Waals surface area contributed by atoms with Crippen molar-refractivity contribution < 1.29 is 13.2 Å². The van der Waals surface area contributed by atoms with Crippen LogP contribution in [0.1, 0.15) is 30.0 Å². The van der Waals surface area contributed by atoms with Crippen molar-refractivity contribution in [2.45, 2.75) is 37.6 Å². The molecule has 1 amide bonds. The third-order valence-corrected chi connectivity index (χ3v) is 7.25. The Morgan fingerprint density at radius 2 is 1.79 bits per heavy atom. The van der Waals surface area contributed by atoms with Crippen LogP contribution in [0.3, 0.4) is 0 Å². The van der Waals surface area contributed by atoms with Crippen LogP contribution in [0.5, 0.6) is 0 Å². The van der Waals surface area contributed by atoms with Crippen molar-refractivity contribution in [1.82, 2.24) is 9.62 Å². The SMILES string of the molecule is CC(=O)N1CCc2cc(S(=O)(=O)NCCCN3CCc4ccccc4C3)ccc21. The fraction of sp³-hybridized carbons (Fsp3) is 0.409. The van der Waals surface area contributed by atoms with Gasteiger partial charge in [0.1, 0.15) is 0 Å². The molecule has 2 aromatic carbocycles. The molecule has 0 unspecified atom stereocenters.